The third-order valence-corrected chi connectivity index (χ3v) is 4.75. The van der Waals surface area contributed by atoms with E-state index in [-0.39, 0.29) is 5.91 Å². The van der Waals surface area contributed by atoms with Crippen molar-refractivity contribution in [2.75, 3.05) is 59.4 Å². The molecule has 1 fully saturated rings. The number of aliphatic imine (C=N–C) groups is 1. The second kappa shape index (κ2) is 11.3. The zero-order valence-corrected chi connectivity index (χ0v) is 17.0. The molecule has 0 spiro atoms. The van der Waals surface area contributed by atoms with E-state index in [1.807, 2.05) is 11.9 Å². The minimum Gasteiger partial charge on any atom is -0.355 e. The van der Waals surface area contributed by atoms with Crippen LogP contribution in [0.15, 0.2) is 4.99 Å². The first-order valence-corrected chi connectivity index (χ1v) is 9.53. The Labute approximate surface area is 153 Å². The number of piperazine rings is 1. The molecule has 2 N–H and O–H groups in total. The van der Waals surface area contributed by atoms with E-state index in [0.29, 0.717) is 12.1 Å². The van der Waals surface area contributed by atoms with E-state index in [0.717, 1.165) is 58.3 Å². The average molecular weight is 355 g/mol. The number of carbonyl (C=O) groups excluding carboxylic acids is 1. The molecule has 1 rings (SSSR count). The van der Waals surface area contributed by atoms with Gasteiger partial charge in [0.15, 0.2) is 5.96 Å². The molecule has 0 bridgehead atoms. The Hall–Kier alpha value is -1.34. The maximum atomic E-state index is 11.3. The van der Waals surface area contributed by atoms with E-state index in [1.165, 1.54) is 0 Å². The molecule has 0 aliphatic carbocycles. The molecule has 25 heavy (non-hydrogen) atoms. The van der Waals surface area contributed by atoms with Gasteiger partial charge in [-0.25, -0.2) is 0 Å². The smallest absolute Gasteiger partial charge is 0.219 e. The number of amides is 1. The van der Waals surface area contributed by atoms with E-state index in [4.69, 9.17) is 0 Å². The molecular weight excluding hydrogens is 316 g/mol. The highest BCUT2D eigenvalue weighted by atomic mass is 16.2. The molecule has 1 heterocycles. The van der Waals surface area contributed by atoms with Crippen LogP contribution in [0.1, 0.15) is 34.6 Å². The van der Waals surface area contributed by atoms with Crippen LogP contribution in [0.5, 0.6) is 0 Å². The molecule has 0 aromatic carbocycles. The Morgan fingerprint density at radius 1 is 1.04 bits per heavy atom. The van der Waals surface area contributed by atoms with Crippen LogP contribution in [0.25, 0.3) is 0 Å². The van der Waals surface area contributed by atoms with Crippen LogP contribution < -0.4 is 10.6 Å². The second-order valence-electron chi connectivity index (χ2n) is 7.20. The summed E-state index contributed by atoms with van der Waals surface area (Å²) in [6.07, 6.45) is 0. The summed E-state index contributed by atoms with van der Waals surface area (Å²) in [6.45, 7) is 17.9. The van der Waals surface area contributed by atoms with E-state index < -0.39 is 0 Å². The van der Waals surface area contributed by atoms with Crippen LogP contribution in [-0.4, -0.2) is 98.1 Å². The van der Waals surface area contributed by atoms with Crippen LogP contribution in [0.2, 0.25) is 0 Å². The molecule has 0 saturated carbocycles. The first-order valence-electron chi connectivity index (χ1n) is 9.53. The number of hydrogen-bond acceptors (Lipinski definition) is 4. The summed E-state index contributed by atoms with van der Waals surface area (Å²) in [5, 5.41) is 6.78. The molecule has 1 aliphatic heterocycles. The van der Waals surface area contributed by atoms with Crippen LogP contribution in [0.3, 0.4) is 0 Å². The topological polar surface area (TPSA) is 63.2 Å². The quantitative estimate of drug-likeness (QED) is 0.489. The van der Waals surface area contributed by atoms with Gasteiger partial charge in [-0.2, -0.15) is 0 Å². The SMILES string of the molecule is CN=C(NCCN1CCN(C(C)=O)CC1)NCCN(C(C)C)C(C)C. The summed E-state index contributed by atoms with van der Waals surface area (Å²) >= 11 is 0. The molecule has 0 radical (unpaired) electrons. The normalized spacial score (nSPS) is 16.8. The van der Waals surface area contributed by atoms with Crippen molar-refractivity contribution >= 4 is 11.9 Å². The lowest BCUT2D eigenvalue weighted by Gasteiger charge is -2.34. The van der Waals surface area contributed by atoms with Gasteiger partial charge in [-0.3, -0.25) is 19.6 Å². The molecule has 1 saturated heterocycles. The highest BCUT2D eigenvalue weighted by Crippen LogP contribution is 2.03. The van der Waals surface area contributed by atoms with Crippen molar-refractivity contribution in [1.82, 2.24) is 25.3 Å². The van der Waals surface area contributed by atoms with E-state index in [9.17, 15) is 4.79 Å². The monoisotopic (exact) mass is 354 g/mol. The van der Waals surface area contributed by atoms with Crippen LogP contribution in [0.4, 0.5) is 0 Å². The fourth-order valence-corrected chi connectivity index (χ4v) is 3.26. The Balaban J connectivity index is 2.21. The number of nitrogens with one attached hydrogen (secondary N) is 2. The zero-order valence-electron chi connectivity index (χ0n) is 17.0. The molecule has 7 nitrogen and oxygen atoms in total. The average Bonchev–Trinajstić information content (AvgIpc) is 2.56. The van der Waals surface area contributed by atoms with Crippen molar-refractivity contribution in [1.29, 1.82) is 0 Å². The van der Waals surface area contributed by atoms with Crippen molar-refractivity contribution in [3.05, 3.63) is 0 Å². The van der Waals surface area contributed by atoms with Gasteiger partial charge in [0.2, 0.25) is 5.91 Å². The number of rotatable bonds is 8. The van der Waals surface area contributed by atoms with Crippen LogP contribution >= 0.6 is 0 Å². The first kappa shape index (κ1) is 21.7. The van der Waals surface area contributed by atoms with E-state index in [2.05, 4.69) is 53.1 Å². The molecule has 0 unspecified atom stereocenters. The molecule has 1 amide bonds. The number of carbonyl (C=O) groups is 1. The van der Waals surface area contributed by atoms with Crippen LogP contribution in [-0.2, 0) is 4.79 Å². The van der Waals surface area contributed by atoms with Gasteiger partial charge in [0.25, 0.3) is 0 Å². The predicted molar refractivity (Wildman–Crippen MR) is 105 cm³/mol. The van der Waals surface area contributed by atoms with Crippen molar-refractivity contribution in [2.45, 2.75) is 46.7 Å². The molecule has 1 aliphatic rings. The van der Waals surface area contributed by atoms with Gasteiger partial charge in [0.05, 0.1) is 0 Å². The third kappa shape index (κ3) is 8.05. The fraction of sp³-hybridized carbons (Fsp3) is 0.889. The minimum atomic E-state index is 0.180. The minimum absolute atomic E-state index is 0.180. The van der Waals surface area contributed by atoms with Gasteiger partial charge in [-0.1, -0.05) is 0 Å². The second-order valence-corrected chi connectivity index (χ2v) is 7.20. The molecule has 7 heteroatoms. The Morgan fingerprint density at radius 3 is 2.08 bits per heavy atom. The standard InChI is InChI=1S/C18H38N6O/c1-15(2)24(16(3)4)10-8-21-18(19-6)20-7-9-22-11-13-23(14-12-22)17(5)25/h15-16H,7-14H2,1-6H3,(H2,19,20,21). The summed E-state index contributed by atoms with van der Waals surface area (Å²) in [7, 11) is 1.81. The number of hydrogen-bond donors (Lipinski definition) is 2. The number of guanidine groups is 1. The fourth-order valence-electron chi connectivity index (χ4n) is 3.26. The van der Waals surface area contributed by atoms with Gasteiger partial charge in [-0.05, 0) is 27.7 Å². The first-order chi connectivity index (χ1) is 11.8. The summed E-state index contributed by atoms with van der Waals surface area (Å²) in [5.74, 6) is 1.04. The van der Waals surface area contributed by atoms with Gasteiger partial charge in [0, 0.05) is 78.4 Å². The van der Waals surface area contributed by atoms with Crippen molar-refractivity contribution in [2.24, 2.45) is 4.99 Å². The Kier molecular flexibility index (Phi) is 9.82. The van der Waals surface area contributed by atoms with Gasteiger partial charge in [-0.15, -0.1) is 0 Å². The summed E-state index contributed by atoms with van der Waals surface area (Å²) < 4.78 is 0. The lowest BCUT2D eigenvalue weighted by Crippen LogP contribution is -2.50. The Bertz CT molecular complexity index is 408. The van der Waals surface area contributed by atoms with E-state index in [1.54, 1.807) is 6.92 Å². The lowest BCUT2D eigenvalue weighted by molar-refractivity contribution is -0.130. The zero-order chi connectivity index (χ0) is 18.8. The van der Waals surface area contributed by atoms with Crippen LogP contribution in [0, 0.1) is 0 Å². The summed E-state index contributed by atoms with van der Waals surface area (Å²) in [4.78, 5) is 22.4. The highest BCUT2D eigenvalue weighted by molar-refractivity contribution is 5.79. The maximum Gasteiger partial charge on any atom is 0.219 e. The molecule has 0 atom stereocenters. The maximum absolute atomic E-state index is 11.3. The molecule has 146 valence electrons. The van der Waals surface area contributed by atoms with Gasteiger partial charge >= 0.3 is 0 Å². The van der Waals surface area contributed by atoms with Gasteiger partial charge < -0.3 is 15.5 Å². The highest BCUT2D eigenvalue weighted by Gasteiger charge is 2.18. The molecular formula is C18H38N6O. The molecule has 0 aromatic rings. The summed E-state index contributed by atoms with van der Waals surface area (Å²) in [6, 6.07) is 1.09. The Morgan fingerprint density at radius 2 is 1.60 bits per heavy atom. The number of nitrogens with zero attached hydrogens (tertiary/aromatic N) is 4. The lowest BCUT2D eigenvalue weighted by atomic mass is 10.2. The van der Waals surface area contributed by atoms with Gasteiger partial charge in [0.1, 0.15) is 0 Å². The van der Waals surface area contributed by atoms with Crippen molar-refractivity contribution < 1.29 is 4.79 Å². The predicted octanol–water partition coefficient (Wildman–Crippen LogP) is 0.434. The molecule has 0 aromatic heterocycles. The third-order valence-electron chi connectivity index (χ3n) is 4.75. The van der Waals surface area contributed by atoms with Crippen molar-refractivity contribution in [3.8, 4) is 0 Å². The van der Waals surface area contributed by atoms with Crippen molar-refractivity contribution in [3.63, 3.8) is 0 Å². The largest absolute Gasteiger partial charge is 0.355 e. The summed E-state index contributed by atoms with van der Waals surface area (Å²) in [5.41, 5.74) is 0. The van der Waals surface area contributed by atoms with E-state index >= 15 is 0 Å².